The molecule has 0 bridgehead atoms. The van der Waals surface area contributed by atoms with Crippen LogP contribution in [0.25, 0.3) is 6.08 Å². The Morgan fingerprint density at radius 2 is 1.79 bits per heavy atom. The summed E-state index contributed by atoms with van der Waals surface area (Å²) in [6.07, 6.45) is 12.7. The summed E-state index contributed by atoms with van der Waals surface area (Å²) in [5, 5.41) is 30.7. The predicted octanol–water partition coefficient (Wildman–Crippen LogP) is 6.55. The Kier molecular flexibility index (Phi) is 10.9. The number of phenolic OH excluding ortho intramolecular Hbond substituents is 1. The Balaban J connectivity index is 1.60. The van der Waals surface area contributed by atoms with Gasteiger partial charge in [0, 0.05) is 0 Å². The van der Waals surface area contributed by atoms with Crippen molar-refractivity contribution in [3.8, 4) is 11.5 Å². The molecule has 4 atom stereocenters. The van der Waals surface area contributed by atoms with Crippen LogP contribution in [0.4, 0.5) is 0 Å². The van der Waals surface area contributed by atoms with E-state index in [1.165, 1.54) is 12.1 Å². The van der Waals surface area contributed by atoms with E-state index in [-0.39, 0.29) is 23.2 Å². The summed E-state index contributed by atoms with van der Waals surface area (Å²) >= 11 is 0. The molecule has 2 aromatic rings. The van der Waals surface area contributed by atoms with Gasteiger partial charge in [-0.15, -0.1) is 0 Å². The van der Waals surface area contributed by atoms with Gasteiger partial charge in [-0.2, -0.15) is 0 Å². The Labute approximate surface area is 225 Å². The number of aliphatic hydroxyl groups excluding tert-OH is 2. The highest BCUT2D eigenvalue weighted by molar-refractivity contribution is 5.93. The van der Waals surface area contributed by atoms with Gasteiger partial charge in [0.25, 0.3) is 0 Å². The van der Waals surface area contributed by atoms with E-state index in [0.29, 0.717) is 29.6 Å². The molecule has 0 spiro atoms. The van der Waals surface area contributed by atoms with E-state index < -0.39 is 12.3 Å². The van der Waals surface area contributed by atoms with E-state index in [9.17, 15) is 20.1 Å². The van der Waals surface area contributed by atoms with Crippen LogP contribution in [0, 0.1) is 11.8 Å². The van der Waals surface area contributed by atoms with Crippen molar-refractivity contribution in [3.63, 3.8) is 0 Å². The minimum absolute atomic E-state index is 0.0300. The van der Waals surface area contributed by atoms with Crippen molar-refractivity contribution in [1.29, 1.82) is 0 Å². The van der Waals surface area contributed by atoms with Crippen molar-refractivity contribution < 1.29 is 29.6 Å². The molecule has 0 aliphatic heterocycles. The lowest BCUT2D eigenvalue weighted by Gasteiger charge is -2.19. The van der Waals surface area contributed by atoms with Crippen LogP contribution < -0.4 is 4.74 Å². The van der Waals surface area contributed by atoms with Crippen LogP contribution in [0.1, 0.15) is 62.4 Å². The SMILES string of the molecule is CCC(O)CC(C)CC(C)C=Cc1ccc(OC(O)C2=CCC=CC=C2OC(=O)c2ccccc2O)cc1. The highest BCUT2D eigenvalue weighted by Gasteiger charge is 2.23. The molecule has 6 heteroatoms. The lowest BCUT2D eigenvalue weighted by atomic mass is 9.91. The molecule has 1 aliphatic rings. The van der Waals surface area contributed by atoms with Crippen LogP contribution >= 0.6 is 0 Å². The number of aromatic hydroxyl groups is 1. The van der Waals surface area contributed by atoms with E-state index in [2.05, 4.69) is 26.0 Å². The van der Waals surface area contributed by atoms with Gasteiger partial charge in [0.1, 0.15) is 22.8 Å². The summed E-state index contributed by atoms with van der Waals surface area (Å²) in [6.45, 7) is 6.35. The van der Waals surface area contributed by atoms with E-state index in [4.69, 9.17) is 9.47 Å². The predicted molar refractivity (Wildman–Crippen MR) is 149 cm³/mol. The zero-order chi connectivity index (χ0) is 27.5. The number of phenols is 1. The third-order valence-electron chi connectivity index (χ3n) is 6.40. The zero-order valence-electron chi connectivity index (χ0n) is 22.3. The number of carbonyl (C=O) groups is 1. The second kappa shape index (κ2) is 14.4. The Hall–Kier alpha value is -3.61. The van der Waals surface area contributed by atoms with Crippen LogP contribution in [0.15, 0.2) is 90.2 Å². The number of benzene rings is 2. The van der Waals surface area contributed by atoms with Gasteiger partial charge < -0.3 is 24.8 Å². The fourth-order valence-corrected chi connectivity index (χ4v) is 4.31. The van der Waals surface area contributed by atoms with Gasteiger partial charge >= 0.3 is 5.97 Å². The van der Waals surface area contributed by atoms with Gasteiger partial charge in [-0.1, -0.05) is 75.4 Å². The van der Waals surface area contributed by atoms with E-state index in [1.54, 1.807) is 42.5 Å². The van der Waals surface area contributed by atoms with Crippen molar-refractivity contribution in [3.05, 3.63) is 101 Å². The average molecular weight is 519 g/mol. The third kappa shape index (κ3) is 8.75. The maximum atomic E-state index is 12.6. The van der Waals surface area contributed by atoms with Crippen LogP contribution in [0.2, 0.25) is 0 Å². The number of hydrogen-bond donors (Lipinski definition) is 3. The molecule has 0 saturated heterocycles. The molecule has 4 unspecified atom stereocenters. The largest absolute Gasteiger partial charge is 0.507 e. The first-order valence-corrected chi connectivity index (χ1v) is 13.1. The van der Waals surface area contributed by atoms with Gasteiger partial charge in [0.2, 0.25) is 6.29 Å². The Morgan fingerprint density at radius 3 is 2.50 bits per heavy atom. The summed E-state index contributed by atoms with van der Waals surface area (Å²) in [5.74, 6) is 0.533. The zero-order valence-corrected chi connectivity index (χ0v) is 22.3. The molecule has 0 radical (unpaired) electrons. The number of esters is 1. The van der Waals surface area contributed by atoms with Crippen LogP contribution in [0.3, 0.4) is 0 Å². The van der Waals surface area contributed by atoms with Gasteiger partial charge in [-0.05, 0) is 73.4 Å². The first kappa shape index (κ1) is 29.0. The first-order chi connectivity index (χ1) is 18.3. The molecule has 202 valence electrons. The molecule has 0 aromatic heterocycles. The normalized spacial score (nSPS) is 16.7. The molecule has 0 amide bonds. The quantitative estimate of drug-likeness (QED) is 0.218. The standard InChI is InChI=1S/C32H38O6/c1-4-25(33)21-23(3)20-22(2)14-15-24-16-18-26(19-17-24)37-32(36)28-11-6-5-7-13-30(28)38-31(35)27-10-8-9-12-29(27)34/h5,7-19,22-23,25,32-34,36H,4,6,20-21H2,1-3H3. The summed E-state index contributed by atoms with van der Waals surface area (Å²) < 4.78 is 11.3. The molecule has 3 rings (SSSR count). The second-order valence-corrected chi connectivity index (χ2v) is 9.78. The number of hydrogen-bond acceptors (Lipinski definition) is 6. The van der Waals surface area contributed by atoms with Crippen molar-refractivity contribution in [2.75, 3.05) is 0 Å². The maximum absolute atomic E-state index is 12.6. The minimum atomic E-state index is -1.36. The Morgan fingerprint density at radius 1 is 1.05 bits per heavy atom. The molecule has 0 saturated carbocycles. The third-order valence-corrected chi connectivity index (χ3v) is 6.40. The highest BCUT2D eigenvalue weighted by Crippen LogP contribution is 2.26. The monoisotopic (exact) mass is 518 g/mol. The molecular formula is C32H38O6. The van der Waals surface area contributed by atoms with Crippen molar-refractivity contribution in [2.45, 2.75) is 58.8 Å². The van der Waals surface area contributed by atoms with E-state index >= 15 is 0 Å². The number of allylic oxidation sites excluding steroid dienone is 5. The topological polar surface area (TPSA) is 96.2 Å². The molecule has 38 heavy (non-hydrogen) atoms. The van der Waals surface area contributed by atoms with E-state index in [1.807, 2.05) is 25.1 Å². The summed E-state index contributed by atoms with van der Waals surface area (Å²) in [5.41, 5.74) is 1.36. The molecule has 6 nitrogen and oxygen atoms in total. The van der Waals surface area contributed by atoms with E-state index in [0.717, 1.165) is 24.8 Å². The van der Waals surface area contributed by atoms with Crippen LogP contribution in [-0.4, -0.2) is 33.7 Å². The van der Waals surface area contributed by atoms with Gasteiger partial charge in [0.15, 0.2) is 0 Å². The fourth-order valence-electron chi connectivity index (χ4n) is 4.31. The van der Waals surface area contributed by atoms with Crippen molar-refractivity contribution >= 4 is 12.0 Å². The molecule has 2 aromatic carbocycles. The Bertz CT molecular complexity index is 1170. The highest BCUT2D eigenvalue weighted by atomic mass is 16.6. The van der Waals surface area contributed by atoms with Gasteiger partial charge in [0.05, 0.1) is 11.7 Å². The molecular weight excluding hydrogens is 480 g/mol. The molecule has 3 N–H and O–H groups in total. The number of ether oxygens (including phenoxy) is 2. The van der Waals surface area contributed by atoms with Crippen LogP contribution in [0.5, 0.6) is 11.5 Å². The number of carbonyl (C=O) groups excluding carboxylic acids is 1. The number of aliphatic hydroxyl groups is 2. The lowest BCUT2D eigenvalue weighted by molar-refractivity contribution is 0.0103. The minimum Gasteiger partial charge on any atom is -0.507 e. The van der Waals surface area contributed by atoms with Crippen molar-refractivity contribution in [2.24, 2.45) is 11.8 Å². The lowest BCUT2D eigenvalue weighted by Crippen LogP contribution is -2.22. The maximum Gasteiger partial charge on any atom is 0.347 e. The van der Waals surface area contributed by atoms with Crippen molar-refractivity contribution in [1.82, 2.24) is 0 Å². The smallest absolute Gasteiger partial charge is 0.347 e. The second-order valence-electron chi connectivity index (χ2n) is 9.78. The summed E-state index contributed by atoms with van der Waals surface area (Å²) in [4.78, 5) is 12.6. The molecule has 1 aliphatic carbocycles. The molecule has 0 heterocycles. The van der Waals surface area contributed by atoms with Gasteiger partial charge in [-0.25, -0.2) is 4.79 Å². The first-order valence-electron chi connectivity index (χ1n) is 13.1. The number of para-hydroxylation sites is 1. The number of rotatable bonds is 12. The summed E-state index contributed by atoms with van der Waals surface area (Å²) in [6, 6.07) is 13.5. The molecule has 0 fully saturated rings. The average Bonchev–Trinajstić information content (AvgIpc) is 3.13. The fraction of sp³-hybridized carbons (Fsp3) is 0.344. The van der Waals surface area contributed by atoms with Crippen LogP contribution in [-0.2, 0) is 4.74 Å². The van der Waals surface area contributed by atoms with Gasteiger partial charge in [-0.3, -0.25) is 0 Å². The summed E-state index contributed by atoms with van der Waals surface area (Å²) in [7, 11) is 0.